The zero-order valence-corrected chi connectivity index (χ0v) is 17.4. The van der Waals surface area contributed by atoms with Crippen LogP contribution in [0, 0.1) is 15.5 Å². The average Bonchev–Trinajstić information content (AvgIpc) is 2.63. The van der Waals surface area contributed by atoms with Crippen LogP contribution in [0.5, 0.6) is 11.5 Å². The van der Waals surface area contributed by atoms with Gasteiger partial charge in [0.2, 0.25) is 0 Å². The molecule has 0 bridgehead atoms. The first-order valence-electron chi connectivity index (χ1n) is 8.74. The largest absolute Gasteiger partial charge is 0.493 e. The van der Waals surface area contributed by atoms with Crippen molar-refractivity contribution in [3.8, 4) is 11.5 Å². The van der Waals surface area contributed by atoms with Crippen LogP contribution in [-0.4, -0.2) is 62.3 Å². The van der Waals surface area contributed by atoms with Crippen molar-refractivity contribution in [1.29, 1.82) is 0 Å². The Balaban J connectivity index is 0.00000392. The third kappa shape index (κ3) is 5.24. The summed E-state index contributed by atoms with van der Waals surface area (Å²) in [5, 5.41) is 11.6. The number of ether oxygens (including phenoxy) is 3. The number of likely N-dealkylation sites (tertiary alicyclic amines) is 1. The molecule has 0 spiro atoms. The second kappa shape index (κ2) is 9.90. The summed E-state index contributed by atoms with van der Waals surface area (Å²) in [4.78, 5) is 25.6. The Labute approximate surface area is 170 Å². The molecule has 158 valence electrons. The number of nitro groups is 1. The smallest absolute Gasteiger partial charge is 0.286 e. The molecule has 9 nitrogen and oxygen atoms in total. The standard InChI is InChI=1S/C18H27N3O6.ClH/c1-18(2)11-20(6-5-16(18)19)17(22)12-9-14(26-4)15(27-8-7-25-3)10-13(12)21(23)24;/h9-10,16H,5-8,11,19H2,1-4H3;1H. The number of nitro benzene ring substituents is 1. The van der Waals surface area contributed by atoms with E-state index < -0.39 is 10.8 Å². The van der Waals surface area contributed by atoms with Gasteiger partial charge in [-0.1, -0.05) is 13.8 Å². The Kier molecular flexibility index (Phi) is 8.47. The first-order valence-corrected chi connectivity index (χ1v) is 8.74. The number of halogens is 1. The minimum atomic E-state index is -0.587. The van der Waals surface area contributed by atoms with Crippen molar-refractivity contribution in [2.24, 2.45) is 11.1 Å². The second-order valence-corrected chi connectivity index (χ2v) is 7.23. The number of piperidine rings is 1. The average molecular weight is 418 g/mol. The van der Waals surface area contributed by atoms with Gasteiger partial charge in [0.1, 0.15) is 12.2 Å². The van der Waals surface area contributed by atoms with E-state index >= 15 is 0 Å². The normalized spacial score (nSPS) is 18.2. The van der Waals surface area contributed by atoms with Crippen molar-refractivity contribution in [3.05, 3.63) is 27.8 Å². The fraction of sp³-hybridized carbons (Fsp3) is 0.611. The molecule has 10 heteroatoms. The molecule has 2 rings (SSSR count). The number of rotatable bonds is 7. The number of hydrogen-bond donors (Lipinski definition) is 1. The molecule has 1 aromatic rings. The van der Waals surface area contributed by atoms with Crippen LogP contribution in [-0.2, 0) is 4.74 Å². The van der Waals surface area contributed by atoms with Gasteiger partial charge in [0.25, 0.3) is 11.6 Å². The molecular weight excluding hydrogens is 390 g/mol. The molecule has 28 heavy (non-hydrogen) atoms. The molecule has 1 amide bonds. The lowest BCUT2D eigenvalue weighted by Gasteiger charge is -2.42. The molecule has 1 fully saturated rings. The molecule has 1 aliphatic rings. The molecule has 0 radical (unpaired) electrons. The molecule has 2 N–H and O–H groups in total. The molecule has 0 aromatic heterocycles. The van der Waals surface area contributed by atoms with Crippen molar-refractivity contribution in [2.75, 3.05) is 40.5 Å². The minimum Gasteiger partial charge on any atom is -0.493 e. The Morgan fingerprint density at radius 1 is 1.32 bits per heavy atom. The lowest BCUT2D eigenvalue weighted by Crippen LogP contribution is -2.54. The van der Waals surface area contributed by atoms with Crippen LogP contribution in [0.3, 0.4) is 0 Å². The Morgan fingerprint density at radius 3 is 2.54 bits per heavy atom. The van der Waals surface area contributed by atoms with E-state index in [4.69, 9.17) is 19.9 Å². The van der Waals surface area contributed by atoms with Gasteiger partial charge < -0.3 is 24.8 Å². The summed E-state index contributed by atoms with van der Waals surface area (Å²) in [6, 6.07) is 2.56. The monoisotopic (exact) mass is 417 g/mol. The Bertz CT molecular complexity index is 713. The van der Waals surface area contributed by atoms with Crippen LogP contribution in [0.1, 0.15) is 30.6 Å². The van der Waals surface area contributed by atoms with Crippen LogP contribution < -0.4 is 15.2 Å². The van der Waals surface area contributed by atoms with Gasteiger partial charge in [-0.15, -0.1) is 12.4 Å². The number of benzene rings is 1. The van der Waals surface area contributed by atoms with Crippen LogP contribution in [0.2, 0.25) is 0 Å². The van der Waals surface area contributed by atoms with Gasteiger partial charge in [-0.25, -0.2) is 0 Å². The zero-order chi connectivity index (χ0) is 20.2. The van der Waals surface area contributed by atoms with E-state index in [1.54, 1.807) is 4.90 Å². The van der Waals surface area contributed by atoms with Gasteiger partial charge in [0.05, 0.1) is 24.7 Å². The molecule has 1 aromatic carbocycles. The first kappa shape index (κ1) is 23.9. The van der Waals surface area contributed by atoms with Crippen molar-refractivity contribution < 1.29 is 23.9 Å². The van der Waals surface area contributed by atoms with Crippen LogP contribution in [0.25, 0.3) is 0 Å². The number of hydrogen-bond acceptors (Lipinski definition) is 7. The van der Waals surface area contributed by atoms with Crippen molar-refractivity contribution in [1.82, 2.24) is 4.90 Å². The molecule has 1 atom stereocenters. The first-order chi connectivity index (χ1) is 12.7. The van der Waals surface area contributed by atoms with Crippen molar-refractivity contribution >= 4 is 24.0 Å². The van der Waals surface area contributed by atoms with E-state index in [1.807, 2.05) is 13.8 Å². The quantitative estimate of drug-likeness (QED) is 0.410. The summed E-state index contributed by atoms with van der Waals surface area (Å²) >= 11 is 0. The molecule has 0 saturated carbocycles. The molecule has 1 aliphatic heterocycles. The Hall–Kier alpha value is -2.10. The maximum atomic E-state index is 13.0. The lowest BCUT2D eigenvalue weighted by molar-refractivity contribution is -0.385. The van der Waals surface area contributed by atoms with Gasteiger partial charge in [-0.3, -0.25) is 14.9 Å². The highest BCUT2D eigenvalue weighted by molar-refractivity contribution is 5.99. The molecule has 1 unspecified atom stereocenters. The molecule has 0 aliphatic carbocycles. The SMILES string of the molecule is COCCOc1cc([N+](=O)[O-])c(C(=O)N2CCC(N)C(C)(C)C2)cc1OC.Cl. The highest BCUT2D eigenvalue weighted by Gasteiger charge is 2.37. The van der Waals surface area contributed by atoms with Gasteiger partial charge in [0.15, 0.2) is 11.5 Å². The number of nitrogens with zero attached hydrogens (tertiary/aromatic N) is 2. The summed E-state index contributed by atoms with van der Waals surface area (Å²) in [5.41, 5.74) is 5.51. The summed E-state index contributed by atoms with van der Waals surface area (Å²) < 4.78 is 15.7. The predicted molar refractivity (Wildman–Crippen MR) is 107 cm³/mol. The summed E-state index contributed by atoms with van der Waals surface area (Å²) in [5.74, 6) is 0.0373. The highest BCUT2D eigenvalue weighted by Crippen LogP contribution is 2.36. The maximum absolute atomic E-state index is 13.0. The number of carbonyl (C=O) groups excluding carboxylic acids is 1. The summed E-state index contributed by atoms with van der Waals surface area (Å²) in [6.45, 7) is 5.38. The van der Waals surface area contributed by atoms with E-state index in [-0.39, 0.29) is 53.2 Å². The molecule has 1 saturated heterocycles. The predicted octanol–water partition coefficient (Wildman–Crippen LogP) is 2.25. The fourth-order valence-electron chi connectivity index (χ4n) is 3.10. The van der Waals surface area contributed by atoms with Crippen LogP contribution >= 0.6 is 12.4 Å². The molecule has 1 heterocycles. The third-order valence-electron chi connectivity index (χ3n) is 4.85. The van der Waals surface area contributed by atoms with E-state index in [2.05, 4.69) is 0 Å². The van der Waals surface area contributed by atoms with Gasteiger partial charge in [-0.05, 0) is 11.8 Å². The van der Waals surface area contributed by atoms with E-state index in [0.717, 1.165) is 0 Å². The molecular formula is C18H28ClN3O6. The van der Waals surface area contributed by atoms with Crippen LogP contribution in [0.4, 0.5) is 5.69 Å². The van der Waals surface area contributed by atoms with Gasteiger partial charge in [0, 0.05) is 32.3 Å². The summed E-state index contributed by atoms with van der Waals surface area (Å²) in [6.07, 6.45) is 0.641. The fourth-order valence-corrected chi connectivity index (χ4v) is 3.10. The van der Waals surface area contributed by atoms with Crippen molar-refractivity contribution in [2.45, 2.75) is 26.3 Å². The second-order valence-electron chi connectivity index (χ2n) is 7.23. The Morgan fingerprint density at radius 2 is 2.00 bits per heavy atom. The third-order valence-corrected chi connectivity index (χ3v) is 4.85. The number of nitrogens with two attached hydrogens (primary N) is 1. The summed E-state index contributed by atoms with van der Waals surface area (Å²) in [7, 11) is 2.94. The maximum Gasteiger partial charge on any atom is 0.286 e. The van der Waals surface area contributed by atoms with E-state index in [1.165, 1.54) is 26.4 Å². The van der Waals surface area contributed by atoms with E-state index in [9.17, 15) is 14.9 Å². The number of methoxy groups -OCH3 is 2. The van der Waals surface area contributed by atoms with Gasteiger partial charge in [-0.2, -0.15) is 0 Å². The zero-order valence-electron chi connectivity index (χ0n) is 16.6. The number of carbonyl (C=O) groups is 1. The van der Waals surface area contributed by atoms with E-state index in [0.29, 0.717) is 26.1 Å². The lowest BCUT2D eigenvalue weighted by atomic mass is 9.79. The van der Waals surface area contributed by atoms with Gasteiger partial charge >= 0.3 is 0 Å². The highest BCUT2D eigenvalue weighted by atomic mass is 35.5. The van der Waals surface area contributed by atoms with Crippen LogP contribution in [0.15, 0.2) is 12.1 Å². The topological polar surface area (TPSA) is 117 Å². The van der Waals surface area contributed by atoms with Crippen molar-refractivity contribution in [3.63, 3.8) is 0 Å². The number of amides is 1. The minimum absolute atomic E-state index is 0.